The fraction of sp³-hybridized carbons (Fsp3) is 0.0714. The van der Waals surface area contributed by atoms with Crippen LogP contribution in [0, 0.1) is 24.1 Å². The first-order valence-electron chi connectivity index (χ1n) is 5.92. The highest BCUT2D eigenvalue weighted by Crippen LogP contribution is 2.23. The Bertz CT molecular complexity index is 819. The van der Waals surface area contributed by atoms with Gasteiger partial charge in [0.2, 0.25) is 0 Å². The molecule has 21 heavy (non-hydrogen) atoms. The molecular weight excluding hydrogens is 293 g/mol. The molecule has 2 aromatic carbocycles. The molecule has 7 heteroatoms. The average molecular weight is 305 g/mol. The number of nitrogen functional groups attached to an aromatic ring is 1. The van der Waals surface area contributed by atoms with Gasteiger partial charge in [-0.1, -0.05) is 6.07 Å². The minimum absolute atomic E-state index is 0.0566. The zero-order valence-electron chi connectivity index (χ0n) is 11.1. The van der Waals surface area contributed by atoms with Gasteiger partial charge in [-0.05, 0) is 37.3 Å². The van der Waals surface area contributed by atoms with Crippen LogP contribution in [0.15, 0.2) is 41.3 Å². The summed E-state index contributed by atoms with van der Waals surface area (Å²) in [6.07, 6.45) is 0. The normalized spacial score (nSPS) is 10.9. The Balaban J connectivity index is 2.41. The summed E-state index contributed by atoms with van der Waals surface area (Å²) in [5.74, 6) is -0.693. The van der Waals surface area contributed by atoms with Gasteiger partial charge in [-0.25, -0.2) is 12.8 Å². The van der Waals surface area contributed by atoms with E-state index >= 15 is 0 Å². The van der Waals surface area contributed by atoms with E-state index in [2.05, 4.69) is 4.72 Å². The Labute approximate surface area is 121 Å². The molecule has 108 valence electrons. The third-order valence-corrected chi connectivity index (χ3v) is 4.27. The first-order chi connectivity index (χ1) is 9.83. The second-order valence-electron chi connectivity index (χ2n) is 4.42. The van der Waals surface area contributed by atoms with Gasteiger partial charge < -0.3 is 5.73 Å². The summed E-state index contributed by atoms with van der Waals surface area (Å²) in [6, 6.07) is 9.96. The van der Waals surface area contributed by atoms with Crippen LogP contribution in [0.25, 0.3) is 0 Å². The maximum absolute atomic E-state index is 13.6. The number of hydrogen-bond acceptors (Lipinski definition) is 4. The fourth-order valence-corrected chi connectivity index (χ4v) is 2.79. The quantitative estimate of drug-likeness (QED) is 0.851. The lowest BCUT2D eigenvalue weighted by Crippen LogP contribution is -2.14. The van der Waals surface area contributed by atoms with Crippen LogP contribution in [-0.2, 0) is 10.0 Å². The Morgan fingerprint density at radius 2 is 2.00 bits per heavy atom. The van der Waals surface area contributed by atoms with Crippen LogP contribution in [0.5, 0.6) is 0 Å². The van der Waals surface area contributed by atoms with Gasteiger partial charge in [0, 0.05) is 11.3 Å². The molecule has 0 heterocycles. The molecule has 0 atom stereocenters. The molecule has 0 aliphatic heterocycles. The molecule has 0 unspecified atom stereocenters. The van der Waals surface area contributed by atoms with Gasteiger partial charge in [0.1, 0.15) is 5.82 Å². The number of nitrogens with one attached hydrogen (secondary N) is 1. The second-order valence-corrected chi connectivity index (χ2v) is 6.10. The monoisotopic (exact) mass is 305 g/mol. The van der Waals surface area contributed by atoms with Gasteiger partial charge >= 0.3 is 0 Å². The summed E-state index contributed by atoms with van der Waals surface area (Å²) in [7, 11) is -3.98. The highest BCUT2D eigenvalue weighted by Gasteiger charge is 2.17. The highest BCUT2D eigenvalue weighted by molar-refractivity contribution is 7.92. The maximum Gasteiger partial charge on any atom is 0.262 e. The standard InChI is InChI=1S/C14H12FN3O2S/c1-9-13(15)6-12(7-14(9)17)21(19,20)18-11-4-2-3-10(5-11)8-16/h2-7,18H,17H2,1H3. The lowest BCUT2D eigenvalue weighted by atomic mass is 10.2. The van der Waals surface area contributed by atoms with E-state index in [0.717, 1.165) is 6.07 Å². The van der Waals surface area contributed by atoms with E-state index in [4.69, 9.17) is 11.0 Å². The van der Waals surface area contributed by atoms with Crippen molar-refractivity contribution in [3.8, 4) is 6.07 Å². The molecule has 0 aliphatic rings. The minimum atomic E-state index is -3.98. The van der Waals surface area contributed by atoms with E-state index in [-0.39, 0.29) is 21.8 Å². The van der Waals surface area contributed by atoms with Gasteiger partial charge in [-0.2, -0.15) is 5.26 Å². The number of anilines is 2. The zero-order valence-corrected chi connectivity index (χ0v) is 11.9. The van der Waals surface area contributed by atoms with Crippen LogP contribution in [0.2, 0.25) is 0 Å². The van der Waals surface area contributed by atoms with Crippen molar-refractivity contribution in [2.75, 3.05) is 10.5 Å². The lowest BCUT2D eigenvalue weighted by Gasteiger charge is -2.10. The number of benzene rings is 2. The third-order valence-electron chi connectivity index (χ3n) is 2.91. The van der Waals surface area contributed by atoms with Crippen LogP contribution in [0.3, 0.4) is 0 Å². The molecule has 0 bridgehead atoms. The van der Waals surface area contributed by atoms with E-state index in [1.165, 1.54) is 25.1 Å². The molecule has 3 N–H and O–H groups in total. The van der Waals surface area contributed by atoms with Crippen LogP contribution in [0.4, 0.5) is 15.8 Å². The van der Waals surface area contributed by atoms with Crippen molar-refractivity contribution in [1.29, 1.82) is 5.26 Å². The molecule has 0 saturated heterocycles. The summed E-state index contributed by atoms with van der Waals surface area (Å²) in [4.78, 5) is -0.273. The Morgan fingerprint density at radius 1 is 1.29 bits per heavy atom. The number of hydrogen-bond donors (Lipinski definition) is 2. The van der Waals surface area contributed by atoms with Crippen LogP contribution >= 0.6 is 0 Å². The van der Waals surface area contributed by atoms with Crippen molar-refractivity contribution in [2.45, 2.75) is 11.8 Å². The van der Waals surface area contributed by atoms with Crippen molar-refractivity contribution < 1.29 is 12.8 Å². The summed E-state index contributed by atoms with van der Waals surface area (Å²) in [5, 5.41) is 8.79. The van der Waals surface area contributed by atoms with Gasteiger partial charge in [0.15, 0.2) is 0 Å². The molecule has 0 amide bonds. The van der Waals surface area contributed by atoms with E-state index in [1.807, 2.05) is 6.07 Å². The maximum atomic E-state index is 13.6. The van der Waals surface area contributed by atoms with Crippen LogP contribution < -0.4 is 10.5 Å². The van der Waals surface area contributed by atoms with E-state index in [0.29, 0.717) is 5.56 Å². The molecule has 0 aromatic heterocycles. The summed E-state index contributed by atoms with van der Waals surface area (Å²) >= 11 is 0. The first kappa shape index (κ1) is 14.8. The summed E-state index contributed by atoms with van der Waals surface area (Å²) < 4.78 is 40.3. The van der Waals surface area contributed by atoms with Gasteiger partial charge in [-0.3, -0.25) is 4.72 Å². The van der Waals surface area contributed by atoms with Crippen molar-refractivity contribution in [3.05, 3.63) is 53.3 Å². The van der Waals surface area contributed by atoms with Crippen LogP contribution in [0.1, 0.15) is 11.1 Å². The number of nitriles is 1. The predicted octanol–water partition coefficient (Wildman–Crippen LogP) is 2.39. The molecule has 0 radical (unpaired) electrons. The molecule has 5 nitrogen and oxygen atoms in total. The number of sulfonamides is 1. The fourth-order valence-electron chi connectivity index (χ4n) is 1.70. The summed E-state index contributed by atoms with van der Waals surface area (Å²) in [5.41, 5.74) is 6.36. The molecule has 2 rings (SSSR count). The van der Waals surface area contributed by atoms with E-state index in [9.17, 15) is 12.8 Å². The van der Waals surface area contributed by atoms with Crippen molar-refractivity contribution in [2.24, 2.45) is 0 Å². The third kappa shape index (κ3) is 3.12. The molecule has 0 aliphatic carbocycles. The number of nitrogens with two attached hydrogens (primary N) is 1. The lowest BCUT2D eigenvalue weighted by molar-refractivity contribution is 0.593. The molecule has 2 aromatic rings. The van der Waals surface area contributed by atoms with Crippen LogP contribution in [-0.4, -0.2) is 8.42 Å². The van der Waals surface area contributed by atoms with E-state index < -0.39 is 15.8 Å². The molecule has 0 fully saturated rings. The topological polar surface area (TPSA) is 96.0 Å². The second kappa shape index (κ2) is 5.42. The van der Waals surface area contributed by atoms with E-state index in [1.54, 1.807) is 12.1 Å². The average Bonchev–Trinajstić information content (AvgIpc) is 2.44. The largest absolute Gasteiger partial charge is 0.398 e. The Morgan fingerprint density at radius 3 is 2.62 bits per heavy atom. The highest BCUT2D eigenvalue weighted by atomic mass is 32.2. The number of nitrogens with zero attached hydrogens (tertiary/aromatic N) is 1. The molecule has 0 saturated carbocycles. The van der Waals surface area contributed by atoms with Gasteiger partial charge in [0.05, 0.1) is 22.2 Å². The minimum Gasteiger partial charge on any atom is -0.398 e. The van der Waals surface area contributed by atoms with Crippen molar-refractivity contribution >= 4 is 21.4 Å². The zero-order chi connectivity index (χ0) is 15.6. The SMILES string of the molecule is Cc1c(N)cc(S(=O)(=O)Nc2cccc(C#N)c2)cc1F. The number of rotatable bonds is 3. The predicted molar refractivity (Wildman–Crippen MR) is 77.5 cm³/mol. The van der Waals surface area contributed by atoms with Gasteiger partial charge in [0.25, 0.3) is 10.0 Å². The Kier molecular flexibility index (Phi) is 3.82. The summed E-state index contributed by atoms with van der Waals surface area (Å²) in [6.45, 7) is 1.46. The first-order valence-corrected chi connectivity index (χ1v) is 7.40. The Hall–Kier alpha value is -2.59. The molecule has 0 spiro atoms. The van der Waals surface area contributed by atoms with Crippen molar-refractivity contribution in [3.63, 3.8) is 0 Å². The smallest absolute Gasteiger partial charge is 0.262 e. The van der Waals surface area contributed by atoms with Crippen molar-refractivity contribution in [1.82, 2.24) is 0 Å². The number of halogens is 1. The molecular formula is C14H12FN3O2S. The van der Waals surface area contributed by atoms with Gasteiger partial charge in [-0.15, -0.1) is 0 Å².